The molecule has 0 spiro atoms. The van der Waals surface area contributed by atoms with Gasteiger partial charge in [0.1, 0.15) is 5.69 Å². The lowest BCUT2D eigenvalue weighted by Crippen LogP contribution is -2.36. The maximum Gasteiger partial charge on any atom is 0.187 e. The fourth-order valence-electron chi connectivity index (χ4n) is 4.51. The van der Waals surface area contributed by atoms with Crippen LogP contribution < -0.4 is 9.80 Å². The van der Waals surface area contributed by atoms with Gasteiger partial charge in [-0.15, -0.1) is 5.10 Å². The Morgan fingerprint density at radius 2 is 1.76 bits per heavy atom. The minimum absolute atomic E-state index is 0.0410. The molecule has 0 radical (unpaired) electrons. The van der Waals surface area contributed by atoms with Crippen molar-refractivity contribution in [3.05, 3.63) is 81.1 Å². The van der Waals surface area contributed by atoms with Gasteiger partial charge < -0.3 is 14.5 Å². The number of benzene rings is 2. The molecule has 5 rings (SSSR count). The summed E-state index contributed by atoms with van der Waals surface area (Å²) in [7, 11) is 0. The first-order valence-electron chi connectivity index (χ1n) is 11.6. The van der Waals surface area contributed by atoms with Crippen molar-refractivity contribution in [3.63, 3.8) is 0 Å². The summed E-state index contributed by atoms with van der Waals surface area (Å²) in [6.07, 6.45) is 2.11. The molecule has 1 fully saturated rings. The van der Waals surface area contributed by atoms with E-state index < -0.39 is 0 Å². The van der Waals surface area contributed by atoms with E-state index in [0.29, 0.717) is 22.3 Å². The predicted molar refractivity (Wildman–Crippen MR) is 135 cm³/mol. The minimum Gasteiger partial charge on any atom is -0.378 e. The number of Topliss-reactive ketones (excluding diaryl/α,β-unsaturated/α-hetero) is 1. The molecule has 0 aliphatic carbocycles. The lowest BCUT2D eigenvalue weighted by molar-refractivity contribution is 0.0987. The van der Waals surface area contributed by atoms with Gasteiger partial charge in [0.15, 0.2) is 5.78 Å². The van der Waals surface area contributed by atoms with Gasteiger partial charge in [0.05, 0.1) is 24.6 Å². The first-order valence-corrected chi connectivity index (χ1v) is 12.3. The van der Waals surface area contributed by atoms with Crippen LogP contribution in [0.4, 0.5) is 11.4 Å². The van der Waals surface area contributed by atoms with Crippen LogP contribution in [0.5, 0.6) is 0 Å². The van der Waals surface area contributed by atoms with Crippen molar-refractivity contribution in [2.24, 2.45) is 0 Å². The van der Waals surface area contributed by atoms with E-state index in [-0.39, 0.29) is 12.2 Å². The maximum absolute atomic E-state index is 13.1. The summed E-state index contributed by atoms with van der Waals surface area (Å²) in [5.41, 5.74) is 5.32. The van der Waals surface area contributed by atoms with Crippen molar-refractivity contribution in [1.29, 1.82) is 0 Å². The smallest absolute Gasteiger partial charge is 0.187 e. The van der Waals surface area contributed by atoms with Gasteiger partial charge in [-0.25, -0.2) is 0 Å². The SMILES string of the molecule is O=C(Cc1ccc(N2CCOCC2)cc1)c1cc2c(nn1)CCCN2Cc1cc(Cl)ccc1Cl. The van der Waals surface area contributed by atoms with Gasteiger partial charge in [-0.1, -0.05) is 35.3 Å². The number of ether oxygens (including phenoxy) is 1. The van der Waals surface area contributed by atoms with Crippen LogP contribution in [0.2, 0.25) is 10.0 Å². The Morgan fingerprint density at radius 3 is 2.56 bits per heavy atom. The summed E-state index contributed by atoms with van der Waals surface area (Å²) in [5, 5.41) is 9.98. The molecule has 34 heavy (non-hydrogen) atoms. The zero-order valence-corrected chi connectivity index (χ0v) is 20.4. The first-order chi connectivity index (χ1) is 16.6. The van der Waals surface area contributed by atoms with Crippen molar-refractivity contribution in [2.45, 2.75) is 25.8 Å². The second-order valence-electron chi connectivity index (χ2n) is 8.69. The standard InChI is InChI=1S/C26H26Cl2N4O2/c27-20-5-8-22(28)19(15-20)17-32-9-1-2-23-25(32)16-24(30-29-23)26(33)14-18-3-6-21(7-4-18)31-10-12-34-13-11-31/h3-8,15-16H,1-2,9-14,17H2. The van der Waals surface area contributed by atoms with E-state index in [1.165, 1.54) is 0 Å². The van der Waals surface area contributed by atoms with Crippen molar-refractivity contribution in [1.82, 2.24) is 10.2 Å². The topological polar surface area (TPSA) is 58.6 Å². The molecule has 0 saturated carbocycles. The molecular formula is C26H26Cl2N4O2. The summed E-state index contributed by atoms with van der Waals surface area (Å²) in [4.78, 5) is 17.6. The molecule has 1 aromatic heterocycles. The van der Waals surface area contributed by atoms with Crippen LogP contribution in [0.25, 0.3) is 0 Å². The van der Waals surface area contributed by atoms with Gasteiger partial charge in [0, 0.05) is 48.3 Å². The monoisotopic (exact) mass is 496 g/mol. The van der Waals surface area contributed by atoms with E-state index in [9.17, 15) is 4.79 Å². The predicted octanol–water partition coefficient (Wildman–Crippen LogP) is 5.00. The Bertz CT molecular complexity index is 1180. The second-order valence-corrected chi connectivity index (χ2v) is 9.53. The molecule has 176 valence electrons. The summed E-state index contributed by atoms with van der Waals surface area (Å²) in [6.45, 7) is 4.74. The Hall–Kier alpha value is -2.67. The molecule has 2 aliphatic heterocycles. The molecular weight excluding hydrogens is 471 g/mol. The third kappa shape index (κ3) is 5.19. The second kappa shape index (κ2) is 10.3. The molecule has 2 aliphatic rings. The lowest BCUT2D eigenvalue weighted by Gasteiger charge is -2.31. The van der Waals surface area contributed by atoms with Gasteiger partial charge in [-0.2, -0.15) is 5.10 Å². The van der Waals surface area contributed by atoms with Crippen LogP contribution in [-0.4, -0.2) is 48.8 Å². The normalized spacial score (nSPS) is 15.8. The molecule has 8 heteroatoms. The number of hydrogen-bond acceptors (Lipinski definition) is 6. The number of anilines is 2. The molecule has 2 aromatic carbocycles. The van der Waals surface area contributed by atoms with Crippen LogP contribution in [0, 0.1) is 0 Å². The minimum atomic E-state index is -0.0410. The summed E-state index contributed by atoms with van der Waals surface area (Å²) < 4.78 is 5.42. The lowest BCUT2D eigenvalue weighted by atomic mass is 10.0. The van der Waals surface area contributed by atoms with E-state index in [1.807, 2.05) is 30.3 Å². The van der Waals surface area contributed by atoms with Crippen LogP contribution in [0.1, 0.15) is 33.7 Å². The average molecular weight is 497 g/mol. The molecule has 0 bridgehead atoms. The largest absolute Gasteiger partial charge is 0.378 e. The van der Waals surface area contributed by atoms with Gasteiger partial charge in [0.25, 0.3) is 0 Å². The van der Waals surface area contributed by atoms with Crippen LogP contribution in [0.3, 0.4) is 0 Å². The number of carbonyl (C=O) groups is 1. The Kier molecular flexibility index (Phi) is 6.99. The van der Waals surface area contributed by atoms with Crippen molar-refractivity contribution in [2.75, 3.05) is 42.6 Å². The fraction of sp³-hybridized carbons (Fsp3) is 0.346. The van der Waals surface area contributed by atoms with Crippen LogP contribution >= 0.6 is 23.2 Å². The number of morpholine rings is 1. The third-order valence-corrected chi connectivity index (χ3v) is 6.97. The van der Waals surface area contributed by atoms with E-state index in [2.05, 4.69) is 32.1 Å². The van der Waals surface area contributed by atoms with E-state index in [1.54, 1.807) is 6.07 Å². The molecule has 3 aromatic rings. The molecule has 0 N–H and O–H groups in total. The van der Waals surface area contributed by atoms with Crippen molar-refractivity contribution >= 4 is 40.4 Å². The number of aromatic nitrogens is 2. The van der Waals surface area contributed by atoms with Gasteiger partial charge in [0.2, 0.25) is 0 Å². The highest BCUT2D eigenvalue weighted by Gasteiger charge is 2.22. The number of halogens is 2. The highest BCUT2D eigenvalue weighted by Crippen LogP contribution is 2.30. The zero-order valence-electron chi connectivity index (χ0n) is 18.8. The molecule has 1 saturated heterocycles. The molecule has 0 atom stereocenters. The highest BCUT2D eigenvalue weighted by molar-refractivity contribution is 6.33. The molecule has 6 nitrogen and oxygen atoms in total. The number of aryl methyl sites for hydroxylation is 1. The van der Waals surface area contributed by atoms with Crippen LogP contribution in [-0.2, 0) is 24.1 Å². The van der Waals surface area contributed by atoms with Gasteiger partial charge >= 0.3 is 0 Å². The highest BCUT2D eigenvalue weighted by atomic mass is 35.5. The van der Waals surface area contributed by atoms with E-state index in [4.69, 9.17) is 27.9 Å². The Balaban J connectivity index is 1.31. The van der Waals surface area contributed by atoms with Crippen molar-refractivity contribution in [3.8, 4) is 0 Å². The number of rotatable bonds is 6. The number of carbonyl (C=O) groups excluding carboxylic acids is 1. The number of ketones is 1. The Morgan fingerprint density at radius 1 is 0.971 bits per heavy atom. The quantitative estimate of drug-likeness (QED) is 0.447. The number of fused-ring (bicyclic) bond motifs is 1. The summed E-state index contributed by atoms with van der Waals surface area (Å²) in [5.74, 6) is -0.0410. The summed E-state index contributed by atoms with van der Waals surface area (Å²) in [6, 6.07) is 15.5. The van der Waals surface area contributed by atoms with Crippen LogP contribution in [0.15, 0.2) is 48.5 Å². The fourth-order valence-corrected chi connectivity index (χ4v) is 4.88. The zero-order chi connectivity index (χ0) is 23.5. The van der Waals surface area contributed by atoms with Crippen molar-refractivity contribution < 1.29 is 9.53 Å². The van der Waals surface area contributed by atoms with Gasteiger partial charge in [-0.05, 0) is 60.4 Å². The number of hydrogen-bond donors (Lipinski definition) is 0. The first kappa shape index (κ1) is 23.1. The number of nitrogens with zero attached hydrogens (tertiary/aromatic N) is 4. The third-order valence-electron chi connectivity index (χ3n) is 6.36. The van der Waals surface area contributed by atoms with Gasteiger partial charge in [-0.3, -0.25) is 4.79 Å². The van der Waals surface area contributed by atoms with E-state index >= 15 is 0 Å². The Labute approximate surface area is 209 Å². The summed E-state index contributed by atoms with van der Waals surface area (Å²) >= 11 is 12.6. The van der Waals surface area contributed by atoms with E-state index in [0.717, 1.165) is 73.9 Å². The average Bonchev–Trinajstić information content (AvgIpc) is 2.87. The molecule has 0 unspecified atom stereocenters. The molecule has 0 amide bonds. The maximum atomic E-state index is 13.1. The molecule has 3 heterocycles.